The second-order valence-corrected chi connectivity index (χ2v) is 5.90. The van der Waals surface area contributed by atoms with E-state index in [0.29, 0.717) is 5.02 Å². The zero-order valence-corrected chi connectivity index (χ0v) is 13.0. The third-order valence-electron chi connectivity index (χ3n) is 3.12. The van der Waals surface area contributed by atoms with E-state index in [-0.39, 0.29) is 0 Å². The van der Waals surface area contributed by atoms with Crippen molar-refractivity contribution in [3.63, 3.8) is 0 Å². The SMILES string of the molecule is CCCNCc1c(-n2cc(Cl)c(C)n2)nc2sccn12. The Labute approximate surface area is 126 Å². The fraction of sp³-hybridized carbons (Fsp3) is 0.385. The highest BCUT2D eigenvalue weighted by Crippen LogP contribution is 2.22. The number of aromatic nitrogens is 4. The first kappa shape index (κ1) is 13.6. The molecule has 7 heteroatoms. The van der Waals surface area contributed by atoms with Gasteiger partial charge in [0.2, 0.25) is 0 Å². The van der Waals surface area contributed by atoms with E-state index < -0.39 is 0 Å². The summed E-state index contributed by atoms with van der Waals surface area (Å²) in [5.74, 6) is 0.843. The van der Waals surface area contributed by atoms with Crippen LogP contribution < -0.4 is 5.32 Å². The van der Waals surface area contributed by atoms with Crippen LogP contribution in [0.3, 0.4) is 0 Å². The molecule has 0 spiro atoms. The maximum atomic E-state index is 6.10. The van der Waals surface area contributed by atoms with Crippen LogP contribution in [0.1, 0.15) is 24.7 Å². The summed E-state index contributed by atoms with van der Waals surface area (Å²) in [4.78, 5) is 5.63. The lowest BCUT2D eigenvalue weighted by atomic mass is 10.4. The molecule has 0 unspecified atom stereocenters. The molecular formula is C13H16ClN5S. The van der Waals surface area contributed by atoms with Gasteiger partial charge in [-0.2, -0.15) is 10.1 Å². The summed E-state index contributed by atoms with van der Waals surface area (Å²) in [6.45, 7) is 5.79. The number of aryl methyl sites for hydroxylation is 1. The molecule has 0 aliphatic heterocycles. The Kier molecular flexibility index (Phi) is 3.78. The predicted molar refractivity (Wildman–Crippen MR) is 81.9 cm³/mol. The van der Waals surface area contributed by atoms with Crippen molar-refractivity contribution in [3.05, 3.63) is 34.2 Å². The Morgan fingerprint density at radius 2 is 2.30 bits per heavy atom. The molecule has 0 radical (unpaired) electrons. The minimum absolute atomic E-state index is 0.661. The van der Waals surface area contributed by atoms with Gasteiger partial charge in [-0.3, -0.25) is 4.40 Å². The van der Waals surface area contributed by atoms with Crippen molar-refractivity contribution in [2.45, 2.75) is 26.8 Å². The second kappa shape index (κ2) is 5.55. The lowest BCUT2D eigenvalue weighted by Crippen LogP contribution is -2.16. The van der Waals surface area contributed by atoms with E-state index in [2.05, 4.69) is 26.7 Å². The van der Waals surface area contributed by atoms with Gasteiger partial charge >= 0.3 is 0 Å². The molecule has 0 bridgehead atoms. The van der Waals surface area contributed by atoms with E-state index in [1.54, 1.807) is 16.0 Å². The van der Waals surface area contributed by atoms with E-state index in [1.807, 2.05) is 24.7 Å². The fourth-order valence-corrected chi connectivity index (χ4v) is 2.96. The highest BCUT2D eigenvalue weighted by atomic mass is 35.5. The van der Waals surface area contributed by atoms with Crippen LogP contribution in [0.2, 0.25) is 5.02 Å². The summed E-state index contributed by atoms with van der Waals surface area (Å²) in [5.41, 5.74) is 1.92. The van der Waals surface area contributed by atoms with Crippen LogP contribution in [0.25, 0.3) is 10.8 Å². The molecule has 5 nitrogen and oxygen atoms in total. The van der Waals surface area contributed by atoms with Gasteiger partial charge in [0.05, 0.1) is 22.6 Å². The quantitative estimate of drug-likeness (QED) is 0.737. The predicted octanol–water partition coefficient (Wildman–Crippen LogP) is 3.04. The first-order valence-electron chi connectivity index (χ1n) is 6.58. The number of hydrogen-bond acceptors (Lipinski definition) is 4. The standard InChI is InChI=1S/C13H16ClN5S/c1-3-4-15-7-11-12(16-13-18(11)5-6-20-13)19-8-10(14)9(2)17-19/h5-6,8,15H,3-4,7H2,1-2H3. The second-order valence-electron chi connectivity index (χ2n) is 4.62. The number of halogens is 1. The molecule has 3 aromatic rings. The highest BCUT2D eigenvalue weighted by molar-refractivity contribution is 7.15. The van der Waals surface area contributed by atoms with Gasteiger partial charge in [0, 0.05) is 18.1 Å². The Hall–Kier alpha value is -1.37. The van der Waals surface area contributed by atoms with Gasteiger partial charge < -0.3 is 5.32 Å². The molecule has 0 fully saturated rings. The van der Waals surface area contributed by atoms with E-state index in [4.69, 9.17) is 11.6 Å². The Morgan fingerprint density at radius 3 is 3.00 bits per heavy atom. The molecule has 0 saturated heterocycles. The van der Waals surface area contributed by atoms with Gasteiger partial charge in [0.15, 0.2) is 10.8 Å². The summed E-state index contributed by atoms with van der Waals surface area (Å²) in [7, 11) is 0. The normalized spacial score (nSPS) is 11.6. The molecule has 1 N–H and O–H groups in total. The number of imidazole rings is 1. The van der Waals surface area contributed by atoms with E-state index in [0.717, 1.165) is 41.7 Å². The minimum atomic E-state index is 0.661. The Morgan fingerprint density at radius 1 is 1.45 bits per heavy atom. The van der Waals surface area contributed by atoms with Gasteiger partial charge in [0.25, 0.3) is 0 Å². The van der Waals surface area contributed by atoms with Crippen molar-refractivity contribution >= 4 is 27.9 Å². The van der Waals surface area contributed by atoms with Crippen LogP contribution in [0.4, 0.5) is 0 Å². The van der Waals surface area contributed by atoms with Gasteiger partial charge in [-0.1, -0.05) is 18.5 Å². The Bertz CT molecular complexity index is 707. The summed E-state index contributed by atoms with van der Waals surface area (Å²) >= 11 is 7.72. The van der Waals surface area contributed by atoms with Gasteiger partial charge in [-0.15, -0.1) is 11.3 Å². The van der Waals surface area contributed by atoms with Crippen molar-refractivity contribution in [2.75, 3.05) is 6.54 Å². The van der Waals surface area contributed by atoms with E-state index in [1.165, 1.54) is 0 Å². The summed E-state index contributed by atoms with van der Waals surface area (Å²) in [6, 6.07) is 0. The van der Waals surface area contributed by atoms with Crippen molar-refractivity contribution in [2.24, 2.45) is 0 Å². The number of rotatable bonds is 5. The molecule has 0 aliphatic carbocycles. The van der Waals surface area contributed by atoms with Crippen LogP contribution in [0.5, 0.6) is 0 Å². The lowest BCUT2D eigenvalue weighted by molar-refractivity contribution is 0.654. The topological polar surface area (TPSA) is 47.2 Å². The summed E-state index contributed by atoms with van der Waals surface area (Å²) < 4.78 is 3.87. The maximum Gasteiger partial charge on any atom is 0.196 e. The first-order valence-corrected chi connectivity index (χ1v) is 7.83. The van der Waals surface area contributed by atoms with Gasteiger partial charge in [-0.25, -0.2) is 4.68 Å². The van der Waals surface area contributed by atoms with Crippen LogP contribution >= 0.6 is 22.9 Å². The van der Waals surface area contributed by atoms with Gasteiger partial charge in [-0.05, 0) is 19.9 Å². The molecule has 3 rings (SSSR count). The first-order chi connectivity index (χ1) is 9.70. The fourth-order valence-electron chi connectivity index (χ4n) is 2.10. The number of nitrogens with one attached hydrogen (secondary N) is 1. The molecule has 0 aromatic carbocycles. The zero-order chi connectivity index (χ0) is 14.1. The number of thiazole rings is 1. The van der Waals surface area contributed by atoms with Crippen molar-refractivity contribution in [1.82, 2.24) is 24.5 Å². The summed E-state index contributed by atoms with van der Waals surface area (Å²) in [5, 5.41) is 10.6. The molecule has 20 heavy (non-hydrogen) atoms. The van der Waals surface area contributed by atoms with Crippen LogP contribution in [0.15, 0.2) is 17.8 Å². The number of hydrogen-bond donors (Lipinski definition) is 1. The lowest BCUT2D eigenvalue weighted by Gasteiger charge is -2.05. The third kappa shape index (κ3) is 2.34. The van der Waals surface area contributed by atoms with E-state index in [9.17, 15) is 0 Å². The van der Waals surface area contributed by atoms with Crippen LogP contribution in [0, 0.1) is 6.92 Å². The third-order valence-corrected chi connectivity index (χ3v) is 4.24. The monoisotopic (exact) mass is 309 g/mol. The van der Waals surface area contributed by atoms with Crippen molar-refractivity contribution in [3.8, 4) is 5.82 Å². The molecule has 0 amide bonds. The largest absolute Gasteiger partial charge is 0.311 e. The van der Waals surface area contributed by atoms with Gasteiger partial charge in [0.1, 0.15) is 0 Å². The Balaban J connectivity index is 2.04. The maximum absolute atomic E-state index is 6.10. The molecule has 0 saturated carbocycles. The molecule has 0 atom stereocenters. The molecule has 106 valence electrons. The van der Waals surface area contributed by atoms with Crippen molar-refractivity contribution < 1.29 is 0 Å². The molecule has 0 aliphatic rings. The number of nitrogens with zero attached hydrogens (tertiary/aromatic N) is 4. The zero-order valence-electron chi connectivity index (χ0n) is 11.4. The average molecular weight is 310 g/mol. The smallest absolute Gasteiger partial charge is 0.196 e. The molecule has 3 aromatic heterocycles. The average Bonchev–Trinajstić information content (AvgIpc) is 3.07. The minimum Gasteiger partial charge on any atom is -0.311 e. The van der Waals surface area contributed by atoms with Crippen LogP contribution in [-0.4, -0.2) is 25.7 Å². The number of fused-ring (bicyclic) bond motifs is 1. The van der Waals surface area contributed by atoms with Crippen molar-refractivity contribution in [1.29, 1.82) is 0 Å². The highest BCUT2D eigenvalue weighted by Gasteiger charge is 2.16. The summed E-state index contributed by atoms with van der Waals surface area (Å²) in [6.07, 6.45) is 4.96. The van der Waals surface area contributed by atoms with E-state index >= 15 is 0 Å². The van der Waals surface area contributed by atoms with Crippen LogP contribution in [-0.2, 0) is 6.54 Å². The molecule has 3 heterocycles. The molecular weight excluding hydrogens is 294 g/mol.